The third kappa shape index (κ3) is 3.09. The van der Waals surface area contributed by atoms with Crippen LogP contribution in [-0.4, -0.2) is 28.6 Å². The second-order valence-corrected chi connectivity index (χ2v) is 6.39. The standard InChI is InChI=1S/C15H11N5O3S/c1-11-8-12(9-16)2-7-15(11)24(21,22)23-14-5-3-13(4-6-14)20-10-17-18-19-20/h2-8,10H,1H3. The van der Waals surface area contributed by atoms with Gasteiger partial charge in [-0.15, -0.1) is 5.10 Å². The van der Waals surface area contributed by atoms with Gasteiger partial charge < -0.3 is 4.18 Å². The second-order valence-electron chi connectivity index (χ2n) is 4.88. The van der Waals surface area contributed by atoms with Crippen molar-refractivity contribution in [2.75, 3.05) is 0 Å². The maximum Gasteiger partial charge on any atom is 0.339 e. The maximum absolute atomic E-state index is 12.4. The van der Waals surface area contributed by atoms with Crippen LogP contribution in [-0.2, 0) is 10.1 Å². The van der Waals surface area contributed by atoms with Gasteiger partial charge in [-0.25, -0.2) is 4.68 Å². The highest BCUT2D eigenvalue weighted by molar-refractivity contribution is 7.87. The van der Waals surface area contributed by atoms with E-state index in [0.29, 0.717) is 16.8 Å². The molecular formula is C15H11N5O3S. The quantitative estimate of drug-likeness (QED) is 0.663. The molecule has 0 aliphatic heterocycles. The Morgan fingerprint density at radius 2 is 1.92 bits per heavy atom. The molecule has 8 nitrogen and oxygen atoms in total. The van der Waals surface area contributed by atoms with Crippen LogP contribution in [0.1, 0.15) is 11.1 Å². The minimum atomic E-state index is -3.99. The molecule has 1 aromatic heterocycles. The number of hydrogen-bond acceptors (Lipinski definition) is 7. The van der Waals surface area contributed by atoms with E-state index in [-0.39, 0.29) is 10.6 Å². The Morgan fingerprint density at radius 1 is 1.17 bits per heavy atom. The summed E-state index contributed by atoms with van der Waals surface area (Å²) >= 11 is 0. The zero-order valence-corrected chi connectivity index (χ0v) is 13.3. The molecule has 0 fully saturated rings. The Morgan fingerprint density at radius 3 is 2.50 bits per heavy atom. The lowest BCUT2D eigenvalue weighted by Crippen LogP contribution is -2.11. The highest BCUT2D eigenvalue weighted by Crippen LogP contribution is 2.23. The number of aryl methyl sites for hydroxylation is 1. The van der Waals surface area contributed by atoms with Crippen molar-refractivity contribution in [3.8, 4) is 17.5 Å². The lowest BCUT2D eigenvalue weighted by molar-refractivity contribution is 0.485. The summed E-state index contributed by atoms with van der Waals surface area (Å²) in [6.45, 7) is 1.61. The van der Waals surface area contributed by atoms with E-state index in [4.69, 9.17) is 9.44 Å². The van der Waals surface area contributed by atoms with Crippen molar-refractivity contribution in [2.24, 2.45) is 0 Å². The predicted molar refractivity (Wildman–Crippen MR) is 82.9 cm³/mol. The third-order valence-corrected chi connectivity index (χ3v) is 4.64. The molecule has 2 aromatic carbocycles. The van der Waals surface area contributed by atoms with Gasteiger partial charge in [-0.2, -0.15) is 13.7 Å². The topological polar surface area (TPSA) is 111 Å². The third-order valence-electron chi connectivity index (χ3n) is 3.23. The lowest BCUT2D eigenvalue weighted by atomic mass is 10.2. The van der Waals surface area contributed by atoms with Crippen molar-refractivity contribution in [3.63, 3.8) is 0 Å². The number of nitriles is 1. The predicted octanol–water partition coefficient (Wildman–Crippen LogP) is 1.61. The van der Waals surface area contributed by atoms with Crippen LogP contribution in [0.2, 0.25) is 0 Å². The summed E-state index contributed by atoms with van der Waals surface area (Å²) in [4.78, 5) is 0.0195. The molecule has 0 atom stereocenters. The van der Waals surface area contributed by atoms with Crippen molar-refractivity contribution < 1.29 is 12.6 Å². The second kappa shape index (κ2) is 6.10. The SMILES string of the molecule is Cc1cc(C#N)ccc1S(=O)(=O)Oc1ccc(-n2cnnn2)cc1. The molecule has 0 radical (unpaired) electrons. The van der Waals surface area contributed by atoms with Crippen LogP contribution in [0.15, 0.2) is 53.7 Å². The van der Waals surface area contributed by atoms with Crippen LogP contribution >= 0.6 is 0 Å². The van der Waals surface area contributed by atoms with Crippen molar-refractivity contribution in [3.05, 3.63) is 59.9 Å². The van der Waals surface area contributed by atoms with Gasteiger partial charge in [0.05, 0.1) is 17.3 Å². The van der Waals surface area contributed by atoms with Gasteiger partial charge in [-0.1, -0.05) is 0 Å². The molecule has 9 heteroatoms. The van der Waals surface area contributed by atoms with Crippen molar-refractivity contribution in [1.82, 2.24) is 20.2 Å². The van der Waals surface area contributed by atoms with Gasteiger partial charge in [0.2, 0.25) is 0 Å². The molecule has 0 N–H and O–H groups in total. The summed E-state index contributed by atoms with van der Waals surface area (Å²) in [7, 11) is -3.99. The number of aromatic nitrogens is 4. The van der Waals surface area contributed by atoms with Crippen LogP contribution in [0.25, 0.3) is 5.69 Å². The summed E-state index contributed by atoms with van der Waals surface area (Å²) < 4.78 is 31.4. The molecule has 0 bridgehead atoms. The molecule has 24 heavy (non-hydrogen) atoms. The van der Waals surface area contributed by atoms with Crippen LogP contribution in [0.4, 0.5) is 0 Å². The van der Waals surface area contributed by atoms with E-state index in [1.54, 1.807) is 19.1 Å². The van der Waals surface area contributed by atoms with E-state index in [9.17, 15) is 8.42 Å². The molecule has 3 aromatic rings. The zero-order chi connectivity index (χ0) is 17.2. The monoisotopic (exact) mass is 341 g/mol. The fourth-order valence-corrected chi connectivity index (χ4v) is 3.25. The van der Waals surface area contributed by atoms with E-state index in [0.717, 1.165) is 0 Å². The lowest BCUT2D eigenvalue weighted by Gasteiger charge is -2.10. The van der Waals surface area contributed by atoms with Gasteiger partial charge in [-0.3, -0.25) is 0 Å². The number of tetrazole rings is 1. The van der Waals surface area contributed by atoms with Crippen LogP contribution in [0, 0.1) is 18.3 Å². The molecule has 0 saturated heterocycles. The summed E-state index contributed by atoms with van der Waals surface area (Å²) in [6, 6.07) is 12.5. The number of rotatable bonds is 4. The van der Waals surface area contributed by atoms with Gasteiger partial charge in [0.1, 0.15) is 17.0 Å². The van der Waals surface area contributed by atoms with Gasteiger partial charge in [0.15, 0.2) is 0 Å². The van der Waals surface area contributed by atoms with Gasteiger partial charge in [0.25, 0.3) is 0 Å². The van der Waals surface area contributed by atoms with E-state index >= 15 is 0 Å². The molecule has 0 aliphatic carbocycles. The largest absolute Gasteiger partial charge is 0.379 e. The number of benzene rings is 2. The van der Waals surface area contributed by atoms with Crippen molar-refractivity contribution >= 4 is 10.1 Å². The normalized spacial score (nSPS) is 11.0. The Hall–Kier alpha value is -3.25. The zero-order valence-electron chi connectivity index (χ0n) is 12.5. The molecule has 0 amide bonds. The molecule has 0 aliphatic rings. The van der Waals surface area contributed by atoms with E-state index in [1.165, 1.54) is 41.3 Å². The Kier molecular flexibility index (Phi) is 3.97. The fourth-order valence-electron chi connectivity index (χ4n) is 2.11. The molecule has 0 unspecified atom stereocenters. The summed E-state index contributed by atoms with van der Waals surface area (Å²) in [5, 5.41) is 19.6. The Labute approximate surface area is 138 Å². The molecular weight excluding hydrogens is 330 g/mol. The fraction of sp³-hybridized carbons (Fsp3) is 0.0667. The molecule has 0 saturated carbocycles. The van der Waals surface area contributed by atoms with Crippen molar-refractivity contribution in [1.29, 1.82) is 5.26 Å². The maximum atomic E-state index is 12.4. The van der Waals surface area contributed by atoms with E-state index in [1.807, 2.05) is 6.07 Å². The van der Waals surface area contributed by atoms with Gasteiger partial charge >= 0.3 is 10.1 Å². The summed E-state index contributed by atoms with van der Waals surface area (Å²) in [5.41, 5.74) is 1.50. The van der Waals surface area contributed by atoms with E-state index < -0.39 is 10.1 Å². The van der Waals surface area contributed by atoms with Crippen LogP contribution in [0.3, 0.4) is 0 Å². The minimum absolute atomic E-state index is 0.0195. The first-order valence-electron chi connectivity index (χ1n) is 6.78. The average Bonchev–Trinajstić information content (AvgIpc) is 3.09. The molecule has 0 spiro atoms. The highest BCUT2D eigenvalue weighted by atomic mass is 32.2. The minimum Gasteiger partial charge on any atom is -0.379 e. The molecule has 3 rings (SSSR count). The first-order chi connectivity index (χ1) is 11.5. The first-order valence-corrected chi connectivity index (χ1v) is 8.19. The summed E-state index contributed by atoms with van der Waals surface area (Å²) in [6.07, 6.45) is 1.42. The molecule has 120 valence electrons. The average molecular weight is 341 g/mol. The van der Waals surface area contributed by atoms with Crippen LogP contribution in [0.5, 0.6) is 5.75 Å². The van der Waals surface area contributed by atoms with Gasteiger partial charge in [0, 0.05) is 0 Å². The smallest absolute Gasteiger partial charge is 0.339 e. The van der Waals surface area contributed by atoms with E-state index in [2.05, 4.69) is 15.5 Å². The van der Waals surface area contributed by atoms with Crippen molar-refractivity contribution in [2.45, 2.75) is 11.8 Å². The Bertz CT molecular complexity index is 1010. The summed E-state index contributed by atoms with van der Waals surface area (Å²) in [5.74, 6) is 0.163. The Balaban J connectivity index is 1.86. The number of hydrogen-bond donors (Lipinski definition) is 0. The number of nitrogens with zero attached hydrogens (tertiary/aromatic N) is 5. The van der Waals surface area contributed by atoms with Crippen LogP contribution < -0.4 is 4.18 Å². The highest BCUT2D eigenvalue weighted by Gasteiger charge is 2.19. The van der Waals surface area contributed by atoms with Gasteiger partial charge in [-0.05, 0) is 65.4 Å². The first kappa shape index (κ1) is 15.6. The molecule has 1 heterocycles.